The van der Waals surface area contributed by atoms with Crippen LogP contribution < -0.4 is 5.32 Å². The highest BCUT2D eigenvalue weighted by molar-refractivity contribution is 4.98. The van der Waals surface area contributed by atoms with Gasteiger partial charge in [-0.3, -0.25) is 4.68 Å². The topological polar surface area (TPSA) is 29.9 Å². The molecule has 1 rings (SSSR count). The Morgan fingerprint density at radius 1 is 1.17 bits per heavy atom. The summed E-state index contributed by atoms with van der Waals surface area (Å²) in [4.78, 5) is 0. The average molecular weight is 251 g/mol. The van der Waals surface area contributed by atoms with Gasteiger partial charge in [-0.15, -0.1) is 0 Å². The molecule has 18 heavy (non-hydrogen) atoms. The van der Waals surface area contributed by atoms with Crippen molar-refractivity contribution in [3.8, 4) is 0 Å². The fourth-order valence-electron chi connectivity index (χ4n) is 1.99. The molecule has 0 aliphatic heterocycles. The van der Waals surface area contributed by atoms with Crippen LogP contribution in [0.5, 0.6) is 0 Å². The molecule has 0 saturated heterocycles. The Balaban J connectivity index is 2.11. The van der Waals surface area contributed by atoms with E-state index in [1.165, 1.54) is 38.5 Å². The van der Waals surface area contributed by atoms with Gasteiger partial charge in [-0.2, -0.15) is 5.10 Å². The first-order valence-electron chi connectivity index (χ1n) is 7.48. The van der Waals surface area contributed by atoms with E-state index in [1.54, 1.807) is 0 Å². The van der Waals surface area contributed by atoms with Gasteiger partial charge in [0.05, 0.1) is 5.69 Å². The first kappa shape index (κ1) is 15.2. The molecule has 0 fully saturated rings. The fourth-order valence-corrected chi connectivity index (χ4v) is 1.99. The lowest BCUT2D eigenvalue weighted by molar-refractivity contribution is 0.516. The molecule has 0 radical (unpaired) electrons. The maximum Gasteiger partial charge on any atom is 0.0762 e. The lowest BCUT2D eigenvalue weighted by Gasteiger charge is -2.05. The van der Waals surface area contributed by atoms with Crippen molar-refractivity contribution in [2.75, 3.05) is 0 Å². The highest BCUT2D eigenvalue weighted by atomic mass is 15.3. The third-order valence-corrected chi connectivity index (χ3v) is 3.13. The Labute approximate surface area is 112 Å². The van der Waals surface area contributed by atoms with Gasteiger partial charge in [-0.1, -0.05) is 52.9 Å². The molecule has 0 aromatic carbocycles. The minimum atomic E-state index is 0.522. The molecule has 3 heteroatoms. The van der Waals surface area contributed by atoms with E-state index in [4.69, 9.17) is 0 Å². The van der Waals surface area contributed by atoms with Crippen molar-refractivity contribution in [3.63, 3.8) is 0 Å². The Morgan fingerprint density at radius 2 is 1.89 bits per heavy atom. The minimum absolute atomic E-state index is 0.522. The van der Waals surface area contributed by atoms with Gasteiger partial charge < -0.3 is 5.32 Å². The van der Waals surface area contributed by atoms with E-state index in [0.717, 1.165) is 18.8 Å². The van der Waals surface area contributed by atoms with Crippen molar-refractivity contribution >= 4 is 0 Å². The summed E-state index contributed by atoms with van der Waals surface area (Å²) < 4.78 is 2.08. The SMILES string of the molecule is CCCCCCCCn1ccc(CNC(C)C)n1. The number of aryl methyl sites for hydroxylation is 1. The van der Waals surface area contributed by atoms with Gasteiger partial charge in [0.1, 0.15) is 0 Å². The predicted octanol–water partition coefficient (Wildman–Crippen LogP) is 3.74. The molecule has 1 aromatic heterocycles. The van der Waals surface area contributed by atoms with Gasteiger partial charge in [-0.25, -0.2) is 0 Å². The van der Waals surface area contributed by atoms with Crippen molar-refractivity contribution in [1.82, 2.24) is 15.1 Å². The van der Waals surface area contributed by atoms with Crippen molar-refractivity contribution in [3.05, 3.63) is 18.0 Å². The molecule has 104 valence electrons. The van der Waals surface area contributed by atoms with Crippen LogP contribution in [0.3, 0.4) is 0 Å². The zero-order valence-corrected chi connectivity index (χ0v) is 12.3. The third kappa shape index (κ3) is 6.80. The molecule has 0 saturated carbocycles. The summed E-state index contributed by atoms with van der Waals surface area (Å²) in [6.45, 7) is 8.52. The van der Waals surface area contributed by atoms with Gasteiger partial charge in [0.15, 0.2) is 0 Å². The second-order valence-electron chi connectivity index (χ2n) is 5.37. The van der Waals surface area contributed by atoms with Crippen LogP contribution in [-0.4, -0.2) is 15.8 Å². The average Bonchev–Trinajstić information content (AvgIpc) is 2.79. The van der Waals surface area contributed by atoms with Gasteiger partial charge in [0.2, 0.25) is 0 Å². The van der Waals surface area contributed by atoms with E-state index >= 15 is 0 Å². The van der Waals surface area contributed by atoms with Crippen LogP contribution in [0.4, 0.5) is 0 Å². The summed E-state index contributed by atoms with van der Waals surface area (Å²) in [7, 11) is 0. The predicted molar refractivity (Wildman–Crippen MR) is 77.6 cm³/mol. The van der Waals surface area contributed by atoms with Crippen LogP contribution in [0.2, 0.25) is 0 Å². The monoisotopic (exact) mass is 251 g/mol. The molecular formula is C15H29N3. The molecule has 0 unspecified atom stereocenters. The van der Waals surface area contributed by atoms with E-state index in [1.807, 2.05) is 0 Å². The van der Waals surface area contributed by atoms with Crippen molar-refractivity contribution in [2.24, 2.45) is 0 Å². The molecule has 1 aromatic rings. The summed E-state index contributed by atoms with van der Waals surface area (Å²) in [5, 5.41) is 7.96. The third-order valence-electron chi connectivity index (χ3n) is 3.13. The maximum atomic E-state index is 4.57. The van der Waals surface area contributed by atoms with E-state index in [2.05, 4.69) is 48.1 Å². The van der Waals surface area contributed by atoms with Crippen molar-refractivity contribution in [2.45, 2.75) is 78.4 Å². The second-order valence-corrected chi connectivity index (χ2v) is 5.37. The van der Waals surface area contributed by atoms with Crippen LogP contribution in [0.25, 0.3) is 0 Å². The number of rotatable bonds is 10. The van der Waals surface area contributed by atoms with Crippen LogP contribution in [0, 0.1) is 0 Å². The minimum Gasteiger partial charge on any atom is -0.309 e. The lowest BCUT2D eigenvalue weighted by atomic mass is 10.1. The highest BCUT2D eigenvalue weighted by Gasteiger charge is 2.00. The molecule has 1 N–H and O–H groups in total. The van der Waals surface area contributed by atoms with E-state index in [-0.39, 0.29) is 0 Å². The van der Waals surface area contributed by atoms with Crippen molar-refractivity contribution < 1.29 is 0 Å². The van der Waals surface area contributed by atoms with Gasteiger partial charge in [0, 0.05) is 25.3 Å². The molecule has 0 bridgehead atoms. The van der Waals surface area contributed by atoms with Crippen LogP contribution in [0.1, 0.15) is 65.0 Å². The van der Waals surface area contributed by atoms with Crippen LogP contribution >= 0.6 is 0 Å². The quantitative estimate of drug-likeness (QED) is 0.642. The van der Waals surface area contributed by atoms with E-state index < -0.39 is 0 Å². The number of unbranched alkanes of at least 4 members (excludes halogenated alkanes) is 5. The number of hydrogen-bond acceptors (Lipinski definition) is 2. The maximum absolute atomic E-state index is 4.57. The Morgan fingerprint density at radius 3 is 2.61 bits per heavy atom. The molecule has 0 spiro atoms. The van der Waals surface area contributed by atoms with Crippen LogP contribution in [0.15, 0.2) is 12.3 Å². The molecule has 3 nitrogen and oxygen atoms in total. The van der Waals surface area contributed by atoms with Gasteiger partial charge >= 0.3 is 0 Å². The largest absolute Gasteiger partial charge is 0.309 e. The molecule has 0 amide bonds. The normalized spacial score (nSPS) is 11.3. The first-order chi connectivity index (χ1) is 8.72. The molecule has 0 atom stereocenters. The number of hydrogen-bond donors (Lipinski definition) is 1. The lowest BCUT2D eigenvalue weighted by Crippen LogP contribution is -2.22. The molecule has 0 aliphatic rings. The fraction of sp³-hybridized carbons (Fsp3) is 0.800. The summed E-state index contributed by atoms with van der Waals surface area (Å²) in [5.74, 6) is 0. The molecule has 0 aliphatic carbocycles. The summed E-state index contributed by atoms with van der Waals surface area (Å²) >= 11 is 0. The second kappa shape index (κ2) is 9.15. The Bertz CT molecular complexity index is 304. The smallest absolute Gasteiger partial charge is 0.0762 e. The zero-order chi connectivity index (χ0) is 13.2. The first-order valence-corrected chi connectivity index (χ1v) is 7.48. The summed E-state index contributed by atoms with van der Waals surface area (Å²) in [5.41, 5.74) is 1.15. The van der Waals surface area contributed by atoms with E-state index in [9.17, 15) is 0 Å². The molecule has 1 heterocycles. The number of aromatic nitrogens is 2. The Kier molecular flexibility index (Phi) is 7.74. The van der Waals surface area contributed by atoms with Crippen molar-refractivity contribution in [1.29, 1.82) is 0 Å². The number of nitrogens with zero attached hydrogens (tertiary/aromatic N) is 2. The summed E-state index contributed by atoms with van der Waals surface area (Å²) in [6, 6.07) is 2.64. The summed E-state index contributed by atoms with van der Waals surface area (Å²) in [6.07, 6.45) is 10.2. The molecular weight excluding hydrogens is 222 g/mol. The van der Waals surface area contributed by atoms with E-state index in [0.29, 0.717) is 6.04 Å². The Hall–Kier alpha value is -0.830. The standard InChI is InChI=1S/C15H29N3/c1-4-5-6-7-8-9-11-18-12-10-15(17-18)13-16-14(2)3/h10,12,14,16H,4-9,11,13H2,1-3H3. The van der Waals surface area contributed by atoms with Gasteiger partial charge in [0.25, 0.3) is 0 Å². The van der Waals surface area contributed by atoms with Crippen LogP contribution in [-0.2, 0) is 13.1 Å². The highest BCUT2D eigenvalue weighted by Crippen LogP contribution is 2.06. The number of nitrogens with one attached hydrogen (secondary N) is 1. The van der Waals surface area contributed by atoms with Gasteiger partial charge in [-0.05, 0) is 12.5 Å². The zero-order valence-electron chi connectivity index (χ0n) is 12.3.